The summed E-state index contributed by atoms with van der Waals surface area (Å²) < 4.78 is 26.3. The van der Waals surface area contributed by atoms with Crippen molar-refractivity contribution >= 4 is 30.7 Å². The molecular formula is C14H27Cl2F2N3O. The van der Waals surface area contributed by atoms with Gasteiger partial charge in [0.25, 0.3) is 5.92 Å². The van der Waals surface area contributed by atoms with E-state index in [9.17, 15) is 13.6 Å². The van der Waals surface area contributed by atoms with Gasteiger partial charge in [0, 0.05) is 26.1 Å². The Balaban J connectivity index is 0.00000220. The van der Waals surface area contributed by atoms with Gasteiger partial charge in [-0.2, -0.15) is 0 Å². The first kappa shape index (κ1) is 21.8. The van der Waals surface area contributed by atoms with Crippen LogP contribution in [0.3, 0.4) is 0 Å². The Bertz CT molecular complexity index is 357. The Labute approximate surface area is 143 Å². The zero-order valence-electron chi connectivity index (χ0n) is 13.2. The second-order valence-electron chi connectivity index (χ2n) is 5.92. The predicted octanol–water partition coefficient (Wildman–Crippen LogP) is 2.02. The molecule has 22 heavy (non-hydrogen) atoms. The lowest BCUT2D eigenvalue weighted by atomic mass is 10.1. The van der Waals surface area contributed by atoms with Crippen molar-refractivity contribution in [2.45, 2.75) is 38.7 Å². The second kappa shape index (κ2) is 9.21. The molecule has 2 fully saturated rings. The maximum Gasteiger partial charge on any atom is 0.262 e. The Kier molecular flexibility index (Phi) is 9.13. The summed E-state index contributed by atoms with van der Waals surface area (Å²) in [7, 11) is 0. The maximum absolute atomic E-state index is 13.1. The van der Waals surface area contributed by atoms with Gasteiger partial charge in [0.05, 0.1) is 12.6 Å². The average molecular weight is 362 g/mol. The molecule has 0 aromatic rings. The van der Waals surface area contributed by atoms with Gasteiger partial charge in [-0.3, -0.25) is 10.1 Å². The fraction of sp³-hybridized carbons (Fsp3) is 0.929. The van der Waals surface area contributed by atoms with Gasteiger partial charge in [0.15, 0.2) is 0 Å². The number of amides is 1. The standard InChI is InChI=1S/C14H25F2N3O.2ClH/c1-3-18(4-2)8-11-5-6-19(9-11)13(20)12-7-14(15,16)10-17-12;;/h11-12,17H,3-10H2,1-2H3;2*1H. The van der Waals surface area contributed by atoms with Gasteiger partial charge in [-0.25, -0.2) is 8.78 Å². The monoisotopic (exact) mass is 361 g/mol. The third-order valence-electron chi connectivity index (χ3n) is 4.42. The van der Waals surface area contributed by atoms with E-state index in [1.807, 2.05) is 0 Å². The van der Waals surface area contributed by atoms with Crippen LogP contribution in [0.5, 0.6) is 0 Å². The van der Waals surface area contributed by atoms with Gasteiger partial charge < -0.3 is 9.80 Å². The van der Waals surface area contributed by atoms with E-state index in [1.54, 1.807) is 4.90 Å². The molecule has 2 heterocycles. The Hall–Kier alpha value is -0.170. The zero-order valence-corrected chi connectivity index (χ0v) is 14.8. The first-order valence-electron chi connectivity index (χ1n) is 7.57. The maximum atomic E-state index is 13.1. The van der Waals surface area contributed by atoms with Crippen molar-refractivity contribution < 1.29 is 13.6 Å². The molecule has 2 aliphatic rings. The average Bonchev–Trinajstić information content (AvgIpc) is 3.01. The van der Waals surface area contributed by atoms with Crippen LogP contribution in [-0.4, -0.2) is 66.9 Å². The van der Waals surface area contributed by atoms with E-state index in [-0.39, 0.29) is 43.7 Å². The lowest BCUT2D eigenvalue weighted by molar-refractivity contribution is -0.132. The molecule has 1 N–H and O–H groups in total. The van der Waals surface area contributed by atoms with Crippen LogP contribution >= 0.6 is 24.8 Å². The summed E-state index contributed by atoms with van der Waals surface area (Å²) in [6.45, 7) is 8.31. The third-order valence-corrected chi connectivity index (χ3v) is 4.42. The number of hydrogen-bond donors (Lipinski definition) is 1. The quantitative estimate of drug-likeness (QED) is 0.813. The normalized spacial score (nSPS) is 26.7. The summed E-state index contributed by atoms with van der Waals surface area (Å²) in [5.41, 5.74) is 0. The van der Waals surface area contributed by atoms with Gasteiger partial charge in [0.1, 0.15) is 0 Å². The Morgan fingerprint density at radius 1 is 1.32 bits per heavy atom. The topological polar surface area (TPSA) is 35.6 Å². The molecule has 8 heteroatoms. The molecule has 1 amide bonds. The largest absolute Gasteiger partial charge is 0.341 e. The highest BCUT2D eigenvalue weighted by atomic mass is 35.5. The number of likely N-dealkylation sites (tertiary alicyclic amines) is 1. The van der Waals surface area contributed by atoms with Crippen molar-refractivity contribution in [2.75, 3.05) is 39.3 Å². The minimum Gasteiger partial charge on any atom is -0.341 e. The minimum absolute atomic E-state index is 0. The lowest BCUT2D eigenvalue weighted by Gasteiger charge is -2.24. The van der Waals surface area contributed by atoms with E-state index < -0.39 is 12.0 Å². The fourth-order valence-corrected chi connectivity index (χ4v) is 3.14. The molecule has 0 saturated carbocycles. The van der Waals surface area contributed by atoms with Gasteiger partial charge >= 0.3 is 0 Å². The Morgan fingerprint density at radius 2 is 1.95 bits per heavy atom. The summed E-state index contributed by atoms with van der Waals surface area (Å²) in [5, 5.41) is 2.65. The summed E-state index contributed by atoms with van der Waals surface area (Å²) in [5.74, 6) is -2.41. The van der Waals surface area contributed by atoms with Crippen LogP contribution in [0.25, 0.3) is 0 Å². The summed E-state index contributed by atoms with van der Waals surface area (Å²) in [4.78, 5) is 16.3. The number of rotatable bonds is 5. The van der Waals surface area contributed by atoms with E-state index in [1.165, 1.54) is 0 Å². The molecule has 132 valence electrons. The molecule has 2 aliphatic heterocycles. The first-order valence-corrected chi connectivity index (χ1v) is 7.57. The van der Waals surface area contributed by atoms with Crippen LogP contribution in [0, 0.1) is 5.92 Å². The number of alkyl halides is 2. The molecule has 2 unspecified atom stereocenters. The van der Waals surface area contributed by atoms with Crippen LogP contribution in [-0.2, 0) is 4.79 Å². The molecule has 2 rings (SSSR count). The molecule has 0 aliphatic carbocycles. The van der Waals surface area contributed by atoms with Crippen LogP contribution in [0.1, 0.15) is 26.7 Å². The molecular weight excluding hydrogens is 335 g/mol. The summed E-state index contributed by atoms with van der Waals surface area (Å²) >= 11 is 0. The highest BCUT2D eigenvalue weighted by molar-refractivity contribution is 5.85. The number of carbonyl (C=O) groups excluding carboxylic acids is 1. The third kappa shape index (κ3) is 5.48. The highest BCUT2D eigenvalue weighted by Gasteiger charge is 2.44. The molecule has 0 aromatic heterocycles. The second-order valence-corrected chi connectivity index (χ2v) is 5.92. The van der Waals surface area contributed by atoms with Crippen molar-refractivity contribution in [3.8, 4) is 0 Å². The van der Waals surface area contributed by atoms with E-state index in [2.05, 4.69) is 24.1 Å². The number of carbonyl (C=O) groups is 1. The van der Waals surface area contributed by atoms with Crippen molar-refractivity contribution in [1.82, 2.24) is 15.1 Å². The van der Waals surface area contributed by atoms with Crippen molar-refractivity contribution in [3.63, 3.8) is 0 Å². The van der Waals surface area contributed by atoms with Crippen LogP contribution in [0.2, 0.25) is 0 Å². The van der Waals surface area contributed by atoms with E-state index in [4.69, 9.17) is 0 Å². The van der Waals surface area contributed by atoms with E-state index >= 15 is 0 Å². The van der Waals surface area contributed by atoms with Crippen molar-refractivity contribution in [1.29, 1.82) is 0 Å². The summed E-state index contributed by atoms with van der Waals surface area (Å²) in [6, 6.07) is -0.697. The highest BCUT2D eigenvalue weighted by Crippen LogP contribution is 2.27. The van der Waals surface area contributed by atoms with Gasteiger partial charge in [-0.15, -0.1) is 24.8 Å². The number of nitrogens with zero attached hydrogens (tertiary/aromatic N) is 2. The predicted molar refractivity (Wildman–Crippen MR) is 88.3 cm³/mol. The van der Waals surface area contributed by atoms with Crippen LogP contribution in [0.15, 0.2) is 0 Å². The number of hydrogen-bond acceptors (Lipinski definition) is 3. The number of nitrogens with one attached hydrogen (secondary N) is 1. The molecule has 2 saturated heterocycles. The van der Waals surface area contributed by atoms with Crippen molar-refractivity contribution in [2.24, 2.45) is 5.92 Å². The number of halogens is 4. The molecule has 0 aromatic carbocycles. The first-order chi connectivity index (χ1) is 9.45. The Morgan fingerprint density at radius 3 is 2.45 bits per heavy atom. The molecule has 0 spiro atoms. The summed E-state index contributed by atoms with van der Waals surface area (Å²) in [6.07, 6.45) is 0.619. The zero-order chi connectivity index (χ0) is 14.8. The molecule has 0 bridgehead atoms. The SMILES string of the molecule is CCN(CC)CC1CCN(C(=O)C2CC(F)(F)CN2)C1.Cl.Cl. The van der Waals surface area contributed by atoms with Crippen LogP contribution < -0.4 is 5.32 Å². The van der Waals surface area contributed by atoms with E-state index in [0.717, 1.165) is 26.1 Å². The molecule has 0 radical (unpaired) electrons. The molecule has 2 atom stereocenters. The lowest BCUT2D eigenvalue weighted by Crippen LogP contribution is -2.43. The van der Waals surface area contributed by atoms with Crippen molar-refractivity contribution in [3.05, 3.63) is 0 Å². The van der Waals surface area contributed by atoms with Gasteiger partial charge in [-0.1, -0.05) is 13.8 Å². The smallest absolute Gasteiger partial charge is 0.262 e. The fourth-order valence-electron chi connectivity index (χ4n) is 3.14. The van der Waals surface area contributed by atoms with Gasteiger partial charge in [-0.05, 0) is 25.4 Å². The van der Waals surface area contributed by atoms with Crippen LogP contribution in [0.4, 0.5) is 8.78 Å². The van der Waals surface area contributed by atoms with Gasteiger partial charge in [0.2, 0.25) is 5.91 Å². The molecule has 4 nitrogen and oxygen atoms in total. The minimum atomic E-state index is -2.74. The van der Waals surface area contributed by atoms with E-state index in [0.29, 0.717) is 19.0 Å².